The van der Waals surface area contributed by atoms with Gasteiger partial charge in [-0.2, -0.15) is 0 Å². The maximum atomic E-state index is 3.90. The van der Waals surface area contributed by atoms with Crippen LogP contribution in [0.5, 0.6) is 0 Å². The van der Waals surface area contributed by atoms with E-state index in [0.717, 1.165) is 6.42 Å². The summed E-state index contributed by atoms with van der Waals surface area (Å²) in [6.45, 7) is 26.7. The summed E-state index contributed by atoms with van der Waals surface area (Å²) in [6, 6.07) is 0. The van der Waals surface area contributed by atoms with Gasteiger partial charge in [-0.1, -0.05) is 67.7 Å². The Kier molecular flexibility index (Phi) is 6.93. The Morgan fingerprint density at radius 3 is 1.57 bits per heavy atom. The summed E-state index contributed by atoms with van der Waals surface area (Å²) in [6.07, 6.45) is 5.21. The molecule has 0 heterocycles. The number of hydrogen-bond donors (Lipinski definition) is 0. The maximum absolute atomic E-state index is 3.90. The van der Waals surface area contributed by atoms with E-state index in [1.54, 1.807) is 0 Å². The quantitative estimate of drug-likeness (QED) is 0.451. The molecular weight excluding hydrogens is 252 g/mol. The number of hydrogen-bond acceptors (Lipinski definition) is 0. The van der Waals surface area contributed by atoms with Crippen molar-refractivity contribution in [2.75, 3.05) is 0 Å². The van der Waals surface area contributed by atoms with Crippen LogP contribution in [0.25, 0.3) is 0 Å². The molecule has 0 radical (unpaired) electrons. The van der Waals surface area contributed by atoms with Crippen molar-refractivity contribution in [2.24, 2.45) is 10.8 Å². The molecule has 0 aromatic carbocycles. The van der Waals surface area contributed by atoms with E-state index >= 15 is 0 Å². The molecular formula is C21H36. The number of rotatable bonds is 6. The first kappa shape index (κ1) is 20.0. The average Bonchev–Trinajstić information content (AvgIpc) is 2.41. The van der Waals surface area contributed by atoms with Gasteiger partial charge < -0.3 is 0 Å². The number of allylic oxidation sites excluding steroid dienone is 7. The van der Waals surface area contributed by atoms with Crippen LogP contribution in [0, 0.1) is 10.8 Å². The Morgan fingerprint density at radius 1 is 0.810 bits per heavy atom. The highest BCUT2D eigenvalue weighted by molar-refractivity contribution is 5.37. The molecule has 0 aliphatic heterocycles. The lowest BCUT2D eigenvalue weighted by atomic mass is 9.68. The maximum Gasteiger partial charge on any atom is 0.00671 e. The first-order valence-electron chi connectivity index (χ1n) is 8.04. The van der Waals surface area contributed by atoms with Crippen LogP contribution in [0.2, 0.25) is 0 Å². The molecule has 21 heavy (non-hydrogen) atoms. The third-order valence-electron chi connectivity index (χ3n) is 5.64. The van der Waals surface area contributed by atoms with Crippen molar-refractivity contribution < 1.29 is 0 Å². The molecule has 0 atom stereocenters. The molecule has 0 rings (SSSR count). The summed E-state index contributed by atoms with van der Waals surface area (Å²) in [5.41, 5.74) is 7.47. The zero-order chi connectivity index (χ0) is 17.0. The Labute approximate surface area is 133 Å². The van der Waals surface area contributed by atoms with E-state index < -0.39 is 0 Å². The zero-order valence-corrected chi connectivity index (χ0v) is 16.1. The molecule has 0 spiro atoms. The van der Waals surface area contributed by atoms with Gasteiger partial charge in [0, 0.05) is 10.8 Å². The minimum Gasteiger partial charge on any atom is -0.103 e. The molecule has 0 amide bonds. The van der Waals surface area contributed by atoms with E-state index in [2.05, 4.69) is 81.9 Å². The van der Waals surface area contributed by atoms with Gasteiger partial charge in [-0.15, -0.1) is 6.58 Å². The van der Waals surface area contributed by atoms with Crippen LogP contribution in [0.15, 0.2) is 46.6 Å². The molecule has 0 N–H and O–H groups in total. The fourth-order valence-corrected chi connectivity index (χ4v) is 2.97. The molecule has 0 saturated carbocycles. The van der Waals surface area contributed by atoms with Crippen LogP contribution in [-0.2, 0) is 0 Å². The normalized spacial score (nSPS) is 14.7. The summed E-state index contributed by atoms with van der Waals surface area (Å²) in [5, 5.41) is 0. The first-order valence-corrected chi connectivity index (χ1v) is 8.04. The van der Waals surface area contributed by atoms with Crippen molar-refractivity contribution in [3.05, 3.63) is 46.6 Å². The second kappa shape index (κ2) is 7.29. The Balaban J connectivity index is 6.01. The molecule has 0 unspecified atom stereocenters. The second-order valence-electron chi connectivity index (χ2n) is 7.43. The van der Waals surface area contributed by atoms with E-state index in [1.807, 2.05) is 6.08 Å². The SMILES string of the molecule is C=CC/C(=C\C)C(C)(C)/C(C)=C(/C)C(C)(C)C(C)=C(C)C. The molecule has 0 fully saturated rings. The minimum absolute atomic E-state index is 0.0756. The lowest BCUT2D eigenvalue weighted by molar-refractivity contribution is 0.471. The van der Waals surface area contributed by atoms with Crippen molar-refractivity contribution in [1.29, 1.82) is 0 Å². The molecule has 0 saturated heterocycles. The van der Waals surface area contributed by atoms with Crippen molar-refractivity contribution in [3.8, 4) is 0 Å². The predicted octanol–water partition coefficient (Wildman–Crippen LogP) is 7.25. The Hall–Kier alpha value is -1.04. The smallest absolute Gasteiger partial charge is 0.00671 e. The van der Waals surface area contributed by atoms with Gasteiger partial charge in [-0.3, -0.25) is 0 Å². The summed E-state index contributed by atoms with van der Waals surface area (Å²) in [4.78, 5) is 0. The van der Waals surface area contributed by atoms with Gasteiger partial charge in [0.05, 0.1) is 0 Å². The van der Waals surface area contributed by atoms with Crippen molar-refractivity contribution >= 4 is 0 Å². The standard InChI is InChI=1S/C21H36/c1-12-14-19(13-2)21(10,11)18(7)17(6)20(8,9)16(5)15(3)4/h12-13H,1,14H2,2-11H3/b18-17-,19-13+. The van der Waals surface area contributed by atoms with E-state index in [9.17, 15) is 0 Å². The fraction of sp³-hybridized carbons (Fsp3) is 0.619. The van der Waals surface area contributed by atoms with E-state index in [0.29, 0.717) is 0 Å². The zero-order valence-electron chi connectivity index (χ0n) is 16.1. The van der Waals surface area contributed by atoms with Gasteiger partial charge in [0.2, 0.25) is 0 Å². The Bertz CT molecular complexity index is 472. The van der Waals surface area contributed by atoms with Gasteiger partial charge in [0.15, 0.2) is 0 Å². The lowest BCUT2D eigenvalue weighted by Crippen LogP contribution is -2.24. The highest BCUT2D eigenvalue weighted by Gasteiger charge is 2.31. The van der Waals surface area contributed by atoms with E-state index in [1.165, 1.54) is 27.9 Å². The van der Waals surface area contributed by atoms with Crippen LogP contribution in [0.1, 0.15) is 75.7 Å². The van der Waals surface area contributed by atoms with Gasteiger partial charge in [-0.25, -0.2) is 0 Å². The van der Waals surface area contributed by atoms with Gasteiger partial charge in [0.25, 0.3) is 0 Å². The Morgan fingerprint density at radius 2 is 1.24 bits per heavy atom. The van der Waals surface area contributed by atoms with Crippen LogP contribution in [0.3, 0.4) is 0 Å². The minimum atomic E-state index is 0.0756. The molecule has 0 heteroatoms. The molecule has 0 aromatic heterocycles. The molecule has 0 nitrogen and oxygen atoms in total. The van der Waals surface area contributed by atoms with Crippen LogP contribution < -0.4 is 0 Å². The summed E-state index contributed by atoms with van der Waals surface area (Å²) in [7, 11) is 0. The predicted molar refractivity (Wildman–Crippen MR) is 98.6 cm³/mol. The monoisotopic (exact) mass is 288 g/mol. The van der Waals surface area contributed by atoms with Crippen LogP contribution in [-0.4, -0.2) is 0 Å². The topological polar surface area (TPSA) is 0 Å². The van der Waals surface area contributed by atoms with Gasteiger partial charge in [-0.05, 0) is 48.0 Å². The van der Waals surface area contributed by atoms with Crippen LogP contribution in [0.4, 0.5) is 0 Å². The van der Waals surface area contributed by atoms with Crippen molar-refractivity contribution in [3.63, 3.8) is 0 Å². The lowest BCUT2D eigenvalue weighted by Gasteiger charge is -2.37. The molecule has 0 bridgehead atoms. The summed E-state index contributed by atoms with van der Waals surface area (Å²) in [5.74, 6) is 0. The summed E-state index contributed by atoms with van der Waals surface area (Å²) < 4.78 is 0. The molecule has 0 aliphatic rings. The first-order chi connectivity index (χ1) is 9.44. The van der Waals surface area contributed by atoms with Crippen molar-refractivity contribution in [1.82, 2.24) is 0 Å². The highest BCUT2D eigenvalue weighted by Crippen LogP contribution is 2.45. The average molecular weight is 289 g/mol. The van der Waals surface area contributed by atoms with E-state index in [-0.39, 0.29) is 10.8 Å². The van der Waals surface area contributed by atoms with Gasteiger partial charge in [0.1, 0.15) is 0 Å². The largest absolute Gasteiger partial charge is 0.103 e. The molecule has 120 valence electrons. The molecule has 0 aliphatic carbocycles. The van der Waals surface area contributed by atoms with Crippen LogP contribution >= 0.6 is 0 Å². The second-order valence-corrected chi connectivity index (χ2v) is 7.43. The third-order valence-corrected chi connectivity index (χ3v) is 5.64. The van der Waals surface area contributed by atoms with Gasteiger partial charge >= 0.3 is 0 Å². The summed E-state index contributed by atoms with van der Waals surface area (Å²) >= 11 is 0. The van der Waals surface area contributed by atoms with Crippen molar-refractivity contribution in [2.45, 2.75) is 75.7 Å². The fourth-order valence-electron chi connectivity index (χ4n) is 2.97. The third kappa shape index (κ3) is 4.22. The van der Waals surface area contributed by atoms with E-state index in [4.69, 9.17) is 0 Å². The molecule has 0 aromatic rings. The highest BCUT2D eigenvalue weighted by atomic mass is 14.4.